The van der Waals surface area contributed by atoms with Crippen LogP contribution in [0.25, 0.3) is 12.7 Å². The van der Waals surface area contributed by atoms with E-state index in [2.05, 4.69) is 44.4 Å². The van der Waals surface area contributed by atoms with Gasteiger partial charge >= 0.3 is 0 Å². The molecule has 3 rings (SSSR count). The molecule has 2 aromatic heterocycles. The van der Waals surface area contributed by atoms with Crippen LogP contribution < -0.4 is 32.4 Å². The van der Waals surface area contributed by atoms with E-state index in [1.165, 1.54) is 12.1 Å². The number of nitrogens with two attached hydrogens (primary N) is 1. The summed E-state index contributed by atoms with van der Waals surface area (Å²) in [6, 6.07) is 6.28. The lowest BCUT2D eigenvalue weighted by molar-refractivity contribution is 0.493. The highest BCUT2D eigenvalue weighted by Crippen LogP contribution is 2.25. The summed E-state index contributed by atoms with van der Waals surface area (Å²) in [7, 11) is 0. The number of hydrogen-bond donors (Lipinski definition) is 4. The van der Waals surface area contributed by atoms with Gasteiger partial charge in [-0.3, -0.25) is 9.98 Å². The maximum absolute atomic E-state index is 13.8. The number of aliphatic imine (C=N–C) groups is 1. The van der Waals surface area contributed by atoms with Gasteiger partial charge in [0.1, 0.15) is 28.5 Å². The SMILES string of the molecule is C=c1oc(C)n/c1=C/C=C/N/C(N)=C(/Cc1ccc(F)c(C#N)c1)NCNc1cncc(/N=C\C)c1CC. The average molecular weight is 515 g/mol. The van der Waals surface area contributed by atoms with E-state index in [4.69, 9.17) is 10.2 Å². The van der Waals surface area contributed by atoms with Gasteiger partial charge in [0.25, 0.3) is 0 Å². The lowest BCUT2D eigenvalue weighted by atomic mass is 10.1. The minimum Gasteiger partial charge on any atom is -0.442 e. The monoisotopic (exact) mass is 514 g/mol. The average Bonchev–Trinajstić information content (AvgIpc) is 3.23. The van der Waals surface area contributed by atoms with Gasteiger partial charge in [-0.15, -0.1) is 0 Å². The van der Waals surface area contributed by atoms with E-state index in [0.717, 1.165) is 28.9 Å². The number of allylic oxidation sites excluding steroid dienone is 2. The maximum atomic E-state index is 13.8. The van der Waals surface area contributed by atoms with Gasteiger partial charge in [-0.05, 0) is 43.2 Å². The third-order valence-electron chi connectivity index (χ3n) is 5.52. The molecule has 196 valence electrons. The predicted octanol–water partition coefficient (Wildman–Crippen LogP) is 3.00. The van der Waals surface area contributed by atoms with Gasteiger partial charge in [0, 0.05) is 31.3 Å². The van der Waals surface area contributed by atoms with Crippen molar-refractivity contribution in [3.8, 4) is 6.07 Å². The molecule has 38 heavy (non-hydrogen) atoms. The van der Waals surface area contributed by atoms with Gasteiger partial charge in [0.2, 0.25) is 0 Å². The number of anilines is 1. The quantitative estimate of drug-likeness (QED) is 0.226. The molecule has 0 aliphatic carbocycles. The number of pyridine rings is 1. The minimum atomic E-state index is -0.567. The molecule has 9 nitrogen and oxygen atoms in total. The lowest BCUT2D eigenvalue weighted by Crippen LogP contribution is -2.30. The Morgan fingerprint density at radius 3 is 2.84 bits per heavy atom. The van der Waals surface area contributed by atoms with Crippen LogP contribution in [-0.2, 0) is 12.8 Å². The first-order valence-corrected chi connectivity index (χ1v) is 12.0. The van der Waals surface area contributed by atoms with Gasteiger partial charge in [-0.2, -0.15) is 5.26 Å². The first-order chi connectivity index (χ1) is 18.4. The van der Waals surface area contributed by atoms with Gasteiger partial charge < -0.3 is 26.1 Å². The first-order valence-electron chi connectivity index (χ1n) is 12.0. The minimum absolute atomic E-state index is 0.0279. The van der Waals surface area contributed by atoms with Crippen molar-refractivity contribution >= 4 is 30.2 Å². The maximum Gasteiger partial charge on any atom is 0.192 e. The van der Waals surface area contributed by atoms with Crippen LogP contribution in [0.4, 0.5) is 15.8 Å². The number of nitrogens with zero attached hydrogens (tertiary/aromatic N) is 4. The van der Waals surface area contributed by atoms with Gasteiger partial charge in [-0.25, -0.2) is 9.37 Å². The second-order valence-corrected chi connectivity index (χ2v) is 8.16. The molecule has 5 N–H and O–H groups in total. The summed E-state index contributed by atoms with van der Waals surface area (Å²) in [5.41, 5.74) is 10.9. The topological polar surface area (TPSA) is 137 Å². The van der Waals surface area contributed by atoms with Crippen molar-refractivity contribution in [2.24, 2.45) is 10.7 Å². The highest BCUT2D eigenvalue weighted by molar-refractivity contribution is 5.67. The van der Waals surface area contributed by atoms with E-state index in [0.29, 0.717) is 41.3 Å². The van der Waals surface area contributed by atoms with E-state index in [1.807, 2.05) is 13.0 Å². The van der Waals surface area contributed by atoms with Crippen molar-refractivity contribution in [3.63, 3.8) is 0 Å². The summed E-state index contributed by atoms with van der Waals surface area (Å²) in [4.78, 5) is 12.9. The summed E-state index contributed by atoms with van der Waals surface area (Å²) in [6.45, 7) is 9.80. The number of hydrogen-bond acceptors (Lipinski definition) is 9. The molecular weight excluding hydrogens is 483 g/mol. The Bertz CT molecular complexity index is 1510. The molecule has 0 saturated heterocycles. The fourth-order valence-electron chi connectivity index (χ4n) is 3.70. The zero-order chi connectivity index (χ0) is 27.5. The summed E-state index contributed by atoms with van der Waals surface area (Å²) < 4.78 is 19.2. The standard InChI is InChI=1S/C28H31FN8O/c1-5-22-26(33-6-2)15-32-16-27(22)36-17-35-25(13-20-9-10-23(29)21(12-20)14-30)28(31)34-11-7-8-24-18(3)38-19(4)37-24/h6-12,15-16,34-36H,3,5,13,17,31H2,1-2,4H3/b11-7+,24-8+,28-25-,33-6-. The zero-order valence-corrected chi connectivity index (χ0v) is 21.7. The second kappa shape index (κ2) is 13.4. The van der Waals surface area contributed by atoms with E-state index in [1.54, 1.807) is 50.0 Å². The number of nitriles is 1. The molecular formula is C28H31FN8O. The molecule has 0 amide bonds. The number of rotatable bonds is 11. The van der Waals surface area contributed by atoms with Crippen LogP contribution in [0.15, 0.2) is 63.8 Å². The highest BCUT2D eigenvalue weighted by Gasteiger charge is 2.10. The molecule has 0 radical (unpaired) electrons. The van der Waals surface area contributed by atoms with Crippen LogP contribution in [0.5, 0.6) is 0 Å². The Morgan fingerprint density at radius 2 is 2.16 bits per heavy atom. The van der Waals surface area contributed by atoms with Gasteiger partial charge in [-0.1, -0.05) is 19.6 Å². The number of oxazole rings is 1. The van der Waals surface area contributed by atoms with E-state index in [-0.39, 0.29) is 5.56 Å². The third-order valence-corrected chi connectivity index (χ3v) is 5.52. The predicted molar refractivity (Wildman–Crippen MR) is 148 cm³/mol. The number of halogens is 1. The van der Waals surface area contributed by atoms with Crippen molar-refractivity contribution in [1.29, 1.82) is 5.26 Å². The Morgan fingerprint density at radius 1 is 1.34 bits per heavy atom. The fraction of sp³-hybridized carbons (Fsp3) is 0.214. The van der Waals surface area contributed by atoms with Crippen LogP contribution in [0, 0.1) is 24.1 Å². The van der Waals surface area contributed by atoms with Crippen molar-refractivity contribution in [1.82, 2.24) is 20.6 Å². The summed E-state index contributed by atoms with van der Waals surface area (Å²) in [5, 5.41) is 19.5. The normalized spacial score (nSPS) is 12.6. The molecule has 0 unspecified atom stereocenters. The van der Waals surface area contributed by atoms with Crippen LogP contribution >= 0.6 is 0 Å². The molecule has 3 aromatic rings. The van der Waals surface area contributed by atoms with Gasteiger partial charge in [0.05, 0.1) is 41.7 Å². The molecule has 0 saturated carbocycles. The summed E-state index contributed by atoms with van der Waals surface area (Å²) >= 11 is 0. The van der Waals surface area contributed by atoms with Crippen LogP contribution in [0.2, 0.25) is 0 Å². The number of aryl methyl sites for hydroxylation is 1. The van der Waals surface area contributed by atoms with E-state index in [9.17, 15) is 9.65 Å². The molecule has 2 heterocycles. The van der Waals surface area contributed by atoms with E-state index >= 15 is 0 Å². The highest BCUT2D eigenvalue weighted by atomic mass is 19.1. The Hall–Kier alpha value is -4.91. The molecule has 0 atom stereocenters. The smallest absolute Gasteiger partial charge is 0.192 e. The molecule has 1 aromatic carbocycles. The Labute approximate surface area is 221 Å². The van der Waals surface area contributed by atoms with Crippen LogP contribution in [0.1, 0.15) is 36.4 Å². The lowest BCUT2D eigenvalue weighted by Gasteiger charge is -2.18. The zero-order valence-electron chi connectivity index (χ0n) is 21.7. The third kappa shape index (κ3) is 7.30. The van der Waals surface area contributed by atoms with Crippen molar-refractivity contribution < 1.29 is 8.81 Å². The van der Waals surface area contributed by atoms with Gasteiger partial charge in [0.15, 0.2) is 5.89 Å². The van der Waals surface area contributed by atoms with E-state index < -0.39 is 5.82 Å². The Balaban J connectivity index is 1.81. The van der Waals surface area contributed by atoms with Crippen LogP contribution in [-0.4, -0.2) is 22.9 Å². The van der Waals surface area contributed by atoms with Crippen molar-refractivity contribution in [2.45, 2.75) is 33.6 Å². The molecule has 0 fully saturated rings. The summed E-state index contributed by atoms with van der Waals surface area (Å²) in [5.74, 6) is 0.317. The first kappa shape index (κ1) is 27.7. The van der Waals surface area contributed by atoms with Crippen molar-refractivity contribution in [3.05, 3.63) is 93.5 Å². The molecule has 0 spiro atoms. The molecule has 0 aliphatic heterocycles. The molecule has 10 heteroatoms. The van der Waals surface area contributed by atoms with Crippen molar-refractivity contribution in [2.75, 3.05) is 12.0 Å². The number of aromatic nitrogens is 2. The molecule has 0 bridgehead atoms. The molecule has 0 aliphatic rings. The summed E-state index contributed by atoms with van der Waals surface area (Å²) in [6.07, 6.45) is 11.5. The fourth-order valence-corrected chi connectivity index (χ4v) is 3.70. The Kier molecular flexibility index (Phi) is 9.77. The second-order valence-electron chi connectivity index (χ2n) is 8.16. The number of benzene rings is 1. The number of nitrogens with one attached hydrogen (secondary N) is 3. The van der Waals surface area contributed by atoms with Crippen LogP contribution in [0.3, 0.4) is 0 Å². The largest absolute Gasteiger partial charge is 0.442 e.